The van der Waals surface area contributed by atoms with E-state index in [-0.39, 0.29) is 93.9 Å². The summed E-state index contributed by atoms with van der Waals surface area (Å²) < 4.78 is 0. The molecule has 0 heterocycles. The van der Waals surface area contributed by atoms with Crippen LogP contribution < -0.4 is 93.9 Å². The summed E-state index contributed by atoms with van der Waals surface area (Å²) in [7, 11) is 0. The summed E-state index contributed by atoms with van der Waals surface area (Å²) in [6.07, 6.45) is 0. The fraction of sp³-hybridized carbons (Fsp3) is 0. The van der Waals surface area contributed by atoms with E-state index in [1.165, 1.54) is 0 Å². The molecule has 0 aromatic carbocycles. The van der Waals surface area contributed by atoms with Gasteiger partial charge in [-0.1, -0.05) is 0 Å². The summed E-state index contributed by atoms with van der Waals surface area (Å²) in [4.78, 5) is 0. The largest absolute Gasteiger partial charge is 1.00 e. The molecular formula is H4ClIKN. The van der Waals surface area contributed by atoms with Crippen molar-refractivity contribution in [2.75, 3.05) is 0 Å². The first-order valence-corrected chi connectivity index (χ1v) is 0. The van der Waals surface area contributed by atoms with Gasteiger partial charge in [-0.2, -0.15) is 0 Å². The fourth-order valence-electron chi connectivity index (χ4n) is 0. The molecule has 0 amide bonds. The van der Waals surface area contributed by atoms with E-state index < -0.39 is 0 Å². The first kappa shape index (κ1) is 30.5. The second kappa shape index (κ2) is 17.5. The SMILES string of the molecule is [Cl-].[I-].[K+].[NH4+]. The van der Waals surface area contributed by atoms with Crippen molar-refractivity contribution in [3.63, 3.8) is 0 Å². The fourth-order valence-corrected chi connectivity index (χ4v) is 0. The van der Waals surface area contributed by atoms with Crippen molar-refractivity contribution in [2.24, 2.45) is 0 Å². The number of rotatable bonds is 0. The van der Waals surface area contributed by atoms with Crippen LogP contribution in [0, 0.1) is 0 Å². The third kappa shape index (κ3) is 8.82. The minimum Gasteiger partial charge on any atom is -1.00 e. The molecule has 0 fully saturated rings. The van der Waals surface area contributed by atoms with Crippen LogP contribution in [0.15, 0.2) is 0 Å². The van der Waals surface area contributed by atoms with Gasteiger partial charge >= 0.3 is 51.4 Å². The molecule has 0 saturated carbocycles. The number of hydrogen-bond acceptors (Lipinski definition) is 0. The molecule has 0 aromatic heterocycles. The van der Waals surface area contributed by atoms with Crippen molar-refractivity contribution in [3.8, 4) is 0 Å². The van der Waals surface area contributed by atoms with Crippen LogP contribution in [0.3, 0.4) is 0 Å². The molecule has 0 rings (SSSR count). The van der Waals surface area contributed by atoms with Gasteiger partial charge in [0.1, 0.15) is 0 Å². The summed E-state index contributed by atoms with van der Waals surface area (Å²) in [5.74, 6) is 0. The number of hydrogen-bond donors (Lipinski definition) is 1. The van der Waals surface area contributed by atoms with Crippen molar-refractivity contribution in [3.05, 3.63) is 0 Å². The Bertz CT molecular complexity index is 8.00. The van der Waals surface area contributed by atoms with Gasteiger partial charge < -0.3 is 42.5 Å². The predicted octanol–water partition coefficient (Wildman–Crippen LogP) is -8.61. The number of quaternary nitrogens is 1. The van der Waals surface area contributed by atoms with E-state index in [9.17, 15) is 0 Å². The van der Waals surface area contributed by atoms with Crippen molar-refractivity contribution in [1.82, 2.24) is 6.15 Å². The summed E-state index contributed by atoms with van der Waals surface area (Å²) in [6.45, 7) is 0. The van der Waals surface area contributed by atoms with E-state index in [2.05, 4.69) is 0 Å². The molecule has 0 spiro atoms. The van der Waals surface area contributed by atoms with Gasteiger partial charge in [0.25, 0.3) is 0 Å². The monoisotopic (exact) mass is 219 g/mol. The topological polar surface area (TPSA) is 36.5 Å². The van der Waals surface area contributed by atoms with E-state index in [0.29, 0.717) is 0 Å². The Balaban J connectivity index is 0. The van der Waals surface area contributed by atoms with E-state index in [4.69, 9.17) is 0 Å². The molecule has 0 aliphatic rings. The third-order valence-corrected chi connectivity index (χ3v) is 0. The minimum atomic E-state index is 0. The first-order valence-electron chi connectivity index (χ1n) is 0. The molecule has 0 saturated heterocycles. The summed E-state index contributed by atoms with van der Waals surface area (Å²) in [5.41, 5.74) is 0. The van der Waals surface area contributed by atoms with Gasteiger partial charge in [-0.3, -0.25) is 0 Å². The Morgan fingerprint density at radius 3 is 1.00 bits per heavy atom. The smallest absolute Gasteiger partial charge is 1.00 e. The van der Waals surface area contributed by atoms with Crippen LogP contribution >= 0.6 is 0 Å². The average molecular weight is 219 g/mol. The van der Waals surface area contributed by atoms with Crippen LogP contribution in [-0.4, -0.2) is 0 Å². The molecule has 4 N–H and O–H groups in total. The molecule has 0 aliphatic carbocycles. The molecule has 1 nitrogen and oxygen atoms in total. The van der Waals surface area contributed by atoms with Gasteiger partial charge in [-0.05, 0) is 0 Å². The quantitative estimate of drug-likeness (QED) is 0.310. The van der Waals surface area contributed by atoms with Crippen molar-refractivity contribution in [1.29, 1.82) is 0 Å². The second-order valence-corrected chi connectivity index (χ2v) is 0. The standard InChI is InChI=1S/ClH.HI.K.H3N/h2*1H;;1H3/q;;+1;/p-1. The summed E-state index contributed by atoms with van der Waals surface area (Å²) >= 11 is 0. The Hall–Kier alpha value is 2.62. The van der Waals surface area contributed by atoms with Gasteiger partial charge in [0, 0.05) is 0 Å². The predicted molar refractivity (Wildman–Crippen MR) is 5.98 cm³/mol. The van der Waals surface area contributed by atoms with Crippen LogP contribution in [0.5, 0.6) is 0 Å². The molecule has 4 heavy (non-hydrogen) atoms. The zero-order chi connectivity index (χ0) is 0. The van der Waals surface area contributed by atoms with Crippen LogP contribution in [0.4, 0.5) is 0 Å². The van der Waals surface area contributed by atoms with Crippen LogP contribution in [0.2, 0.25) is 0 Å². The third-order valence-electron chi connectivity index (χ3n) is 0. The van der Waals surface area contributed by atoms with Crippen molar-refractivity contribution < 1.29 is 87.8 Å². The van der Waals surface area contributed by atoms with Crippen LogP contribution in [0.1, 0.15) is 0 Å². The van der Waals surface area contributed by atoms with Crippen molar-refractivity contribution >= 4 is 0 Å². The normalized spacial score (nSPS) is 0. The summed E-state index contributed by atoms with van der Waals surface area (Å²) in [6, 6.07) is 0. The van der Waals surface area contributed by atoms with Crippen LogP contribution in [0.25, 0.3) is 0 Å². The molecule has 0 aliphatic heterocycles. The van der Waals surface area contributed by atoms with Gasteiger partial charge in [0.2, 0.25) is 0 Å². The minimum absolute atomic E-state index is 0. The molecule has 0 radical (unpaired) electrons. The maximum Gasteiger partial charge on any atom is 1.00 e. The Morgan fingerprint density at radius 1 is 1.00 bits per heavy atom. The first-order chi connectivity index (χ1) is 0. The Labute approximate surface area is 91.7 Å². The molecular weight excluding hydrogens is 215 g/mol. The molecule has 0 atom stereocenters. The van der Waals surface area contributed by atoms with E-state index in [1.54, 1.807) is 0 Å². The summed E-state index contributed by atoms with van der Waals surface area (Å²) in [5, 5.41) is 0. The zero-order valence-electron chi connectivity index (χ0n) is 2.76. The van der Waals surface area contributed by atoms with E-state index >= 15 is 0 Å². The maximum absolute atomic E-state index is 0. The van der Waals surface area contributed by atoms with Crippen molar-refractivity contribution in [2.45, 2.75) is 0 Å². The molecule has 0 bridgehead atoms. The number of halogens is 2. The van der Waals surface area contributed by atoms with Gasteiger partial charge in [-0.15, -0.1) is 0 Å². The Morgan fingerprint density at radius 2 is 1.00 bits per heavy atom. The maximum atomic E-state index is 0. The average Bonchev–Trinajstić information content (AvgIpc) is 0. The molecule has 0 aromatic rings. The van der Waals surface area contributed by atoms with E-state index in [1.807, 2.05) is 0 Å². The van der Waals surface area contributed by atoms with E-state index in [0.717, 1.165) is 0 Å². The molecule has 4 heteroatoms. The van der Waals surface area contributed by atoms with Gasteiger partial charge in [-0.25, -0.2) is 0 Å². The Kier molecular flexibility index (Phi) is 133. The zero-order valence-corrected chi connectivity index (χ0v) is 8.79. The van der Waals surface area contributed by atoms with Gasteiger partial charge in [0.15, 0.2) is 0 Å². The van der Waals surface area contributed by atoms with Crippen LogP contribution in [-0.2, 0) is 0 Å². The van der Waals surface area contributed by atoms with Gasteiger partial charge in [0.05, 0.1) is 0 Å². The molecule has 0 unspecified atom stereocenters. The second-order valence-electron chi connectivity index (χ2n) is 0. The molecule has 24 valence electrons.